The minimum atomic E-state index is 0.00683. The first kappa shape index (κ1) is 18.9. The van der Waals surface area contributed by atoms with Gasteiger partial charge in [-0.1, -0.05) is 30.3 Å². The van der Waals surface area contributed by atoms with Gasteiger partial charge in [-0.15, -0.1) is 0 Å². The average Bonchev–Trinajstić information content (AvgIpc) is 2.72. The fraction of sp³-hybridized carbons (Fsp3) is 0.381. The Labute approximate surface area is 160 Å². The van der Waals surface area contributed by atoms with Crippen LogP contribution in [0.4, 0.5) is 5.82 Å². The maximum absolute atomic E-state index is 13.0. The first-order valence-corrected chi connectivity index (χ1v) is 9.38. The molecule has 0 atom stereocenters. The summed E-state index contributed by atoms with van der Waals surface area (Å²) in [5, 5.41) is 0. The standard InChI is InChI=1S/C21H26N4O2/c1-3-23(16-18-7-5-4-6-8-18)21(27)19-9-10-22-20(15-19)25-13-11-24(12-14-25)17(2)26/h4-10,15H,3,11-14,16H2,1-2H3. The minimum absolute atomic E-state index is 0.00683. The Kier molecular flexibility index (Phi) is 6.06. The van der Waals surface area contributed by atoms with Gasteiger partial charge in [-0.25, -0.2) is 4.98 Å². The lowest BCUT2D eigenvalue weighted by Crippen LogP contribution is -2.48. The predicted octanol–water partition coefficient (Wildman–Crippen LogP) is 2.41. The molecule has 142 valence electrons. The van der Waals surface area contributed by atoms with Gasteiger partial charge in [0.25, 0.3) is 5.91 Å². The molecule has 0 N–H and O–H groups in total. The lowest BCUT2D eigenvalue weighted by atomic mass is 10.1. The summed E-state index contributed by atoms with van der Waals surface area (Å²) in [5.74, 6) is 0.901. The topological polar surface area (TPSA) is 56.8 Å². The zero-order chi connectivity index (χ0) is 19.2. The number of pyridine rings is 1. The molecule has 0 unspecified atom stereocenters. The Morgan fingerprint density at radius 1 is 1.07 bits per heavy atom. The molecule has 2 amide bonds. The van der Waals surface area contributed by atoms with Crippen molar-refractivity contribution in [3.05, 3.63) is 59.8 Å². The van der Waals surface area contributed by atoms with E-state index in [4.69, 9.17) is 0 Å². The van der Waals surface area contributed by atoms with E-state index in [1.54, 1.807) is 19.2 Å². The molecule has 0 radical (unpaired) electrons. The third-order valence-electron chi connectivity index (χ3n) is 4.93. The molecule has 2 aromatic rings. The Hall–Kier alpha value is -2.89. The van der Waals surface area contributed by atoms with Crippen LogP contribution in [0.2, 0.25) is 0 Å². The van der Waals surface area contributed by atoms with Gasteiger partial charge in [-0.2, -0.15) is 0 Å². The van der Waals surface area contributed by atoms with Crippen molar-refractivity contribution in [1.82, 2.24) is 14.8 Å². The number of rotatable bonds is 5. The quantitative estimate of drug-likeness (QED) is 0.815. The molecule has 6 heteroatoms. The normalized spacial score (nSPS) is 14.1. The van der Waals surface area contributed by atoms with Crippen molar-refractivity contribution in [2.24, 2.45) is 0 Å². The number of aromatic nitrogens is 1. The molecule has 1 aromatic carbocycles. The third kappa shape index (κ3) is 4.64. The summed E-state index contributed by atoms with van der Waals surface area (Å²) in [6.45, 7) is 7.64. The van der Waals surface area contributed by atoms with Crippen LogP contribution >= 0.6 is 0 Å². The zero-order valence-corrected chi connectivity index (χ0v) is 16.0. The fourth-order valence-corrected chi connectivity index (χ4v) is 3.29. The molecule has 27 heavy (non-hydrogen) atoms. The maximum atomic E-state index is 13.0. The number of nitrogens with zero attached hydrogens (tertiary/aromatic N) is 4. The van der Waals surface area contributed by atoms with E-state index in [0.717, 1.165) is 24.5 Å². The van der Waals surface area contributed by atoms with E-state index in [2.05, 4.69) is 9.88 Å². The van der Waals surface area contributed by atoms with E-state index in [-0.39, 0.29) is 11.8 Å². The molecule has 2 heterocycles. The molecule has 1 aliphatic heterocycles. The number of hydrogen-bond donors (Lipinski definition) is 0. The van der Waals surface area contributed by atoms with E-state index in [0.29, 0.717) is 31.7 Å². The molecule has 1 fully saturated rings. The largest absolute Gasteiger partial charge is 0.353 e. The van der Waals surface area contributed by atoms with Gasteiger partial charge >= 0.3 is 0 Å². The molecule has 0 aliphatic carbocycles. The average molecular weight is 366 g/mol. The van der Waals surface area contributed by atoms with Crippen LogP contribution in [0.15, 0.2) is 48.7 Å². The molecule has 1 saturated heterocycles. The number of carbonyl (C=O) groups is 2. The summed E-state index contributed by atoms with van der Waals surface area (Å²) in [4.78, 5) is 34.7. The highest BCUT2D eigenvalue weighted by atomic mass is 16.2. The number of piperazine rings is 1. The van der Waals surface area contributed by atoms with Gasteiger partial charge in [0.15, 0.2) is 0 Å². The van der Waals surface area contributed by atoms with Crippen molar-refractivity contribution in [3.8, 4) is 0 Å². The Morgan fingerprint density at radius 2 is 1.78 bits per heavy atom. The van der Waals surface area contributed by atoms with Crippen LogP contribution in [0.1, 0.15) is 29.8 Å². The smallest absolute Gasteiger partial charge is 0.254 e. The van der Waals surface area contributed by atoms with E-state index < -0.39 is 0 Å². The van der Waals surface area contributed by atoms with E-state index in [1.165, 1.54) is 0 Å². The van der Waals surface area contributed by atoms with Crippen LogP contribution in [-0.2, 0) is 11.3 Å². The van der Waals surface area contributed by atoms with Crippen molar-refractivity contribution in [2.45, 2.75) is 20.4 Å². The Bertz CT molecular complexity index is 786. The Balaban J connectivity index is 1.70. The van der Waals surface area contributed by atoms with E-state index in [1.807, 2.05) is 53.1 Å². The van der Waals surface area contributed by atoms with Crippen molar-refractivity contribution in [2.75, 3.05) is 37.6 Å². The fourth-order valence-electron chi connectivity index (χ4n) is 3.29. The van der Waals surface area contributed by atoms with Crippen LogP contribution in [-0.4, -0.2) is 59.3 Å². The number of anilines is 1. The molecule has 6 nitrogen and oxygen atoms in total. The van der Waals surface area contributed by atoms with Gasteiger partial charge in [-0.05, 0) is 24.6 Å². The monoisotopic (exact) mass is 366 g/mol. The molecule has 0 bridgehead atoms. The zero-order valence-electron chi connectivity index (χ0n) is 16.0. The minimum Gasteiger partial charge on any atom is -0.353 e. The molecular formula is C21H26N4O2. The second-order valence-corrected chi connectivity index (χ2v) is 6.70. The summed E-state index contributed by atoms with van der Waals surface area (Å²) in [6.07, 6.45) is 1.69. The summed E-state index contributed by atoms with van der Waals surface area (Å²) < 4.78 is 0. The lowest BCUT2D eigenvalue weighted by Gasteiger charge is -2.35. The van der Waals surface area contributed by atoms with Gasteiger partial charge in [0.1, 0.15) is 5.82 Å². The van der Waals surface area contributed by atoms with E-state index >= 15 is 0 Å². The van der Waals surface area contributed by atoms with Crippen LogP contribution in [0.25, 0.3) is 0 Å². The SMILES string of the molecule is CCN(Cc1ccccc1)C(=O)c1ccnc(N2CCN(C(C)=O)CC2)c1. The molecule has 0 spiro atoms. The lowest BCUT2D eigenvalue weighted by molar-refractivity contribution is -0.129. The van der Waals surface area contributed by atoms with Crippen molar-refractivity contribution < 1.29 is 9.59 Å². The van der Waals surface area contributed by atoms with Gasteiger partial charge in [0.2, 0.25) is 5.91 Å². The van der Waals surface area contributed by atoms with Crippen molar-refractivity contribution in [1.29, 1.82) is 0 Å². The summed E-state index contributed by atoms with van der Waals surface area (Å²) in [6, 6.07) is 13.6. The first-order valence-electron chi connectivity index (χ1n) is 9.38. The maximum Gasteiger partial charge on any atom is 0.254 e. The third-order valence-corrected chi connectivity index (χ3v) is 4.93. The first-order chi connectivity index (χ1) is 13.1. The van der Waals surface area contributed by atoms with Gasteiger partial charge in [-0.3, -0.25) is 9.59 Å². The van der Waals surface area contributed by atoms with Gasteiger partial charge in [0, 0.05) is 58.0 Å². The highest BCUT2D eigenvalue weighted by molar-refractivity contribution is 5.94. The van der Waals surface area contributed by atoms with E-state index in [9.17, 15) is 9.59 Å². The molecule has 3 rings (SSSR count). The highest BCUT2D eigenvalue weighted by Gasteiger charge is 2.21. The van der Waals surface area contributed by atoms with Gasteiger partial charge < -0.3 is 14.7 Å². The van der Waals surface area contributed by atoms with Crippen molar-refractivity contribution >= 4 is 17.6 Å². The van der Waals surface area contributed by atoms with Crippen LogP contribution in [0, 0.1) is 0 Å². The van der Waals surface area contributed by atoms with Gasteiger partial charge in [0.05, 0.1) is 0 Å². The van der Waals surface area contributed by atoms with Crippen LogP contribution in [0.5, 0.6) is 0 Å². The predicted molar refractivity (Wildman–Crippen MR) is 106 cm³/mol. The molecule has 1 aromatic heterocycles. The second kappa shape index (κ2) is 8.66. The summed E-state index contributed by atoms with van der Waals surface area (Å²) in [5.41, 5.74) is 1.76. The van der Waals surface area contributed by atoms with Crippen LogP contribution in [0.3, 0.4) is 0 Å². The summed E-state index contributed by atoms with van der Waals surface area (Å²) >= 11 is 0. The van der Waals surface area contributed by atoms with Crippen LogP contribution < -0.4 is 4.90 Å². The number of hydrogen-bond acceptors (Lipinski definition) is 4. The van der Waals surface area contributed by atoms with Crippen molar-refractivity contribution in [3.63, 3.8) is 0 Å². The molecular weight excluding hydrogens is 340 g/mol. The molecule has 1 aliphatic rings. The summed E-state index contributed by atoms with van der Waals surface area (Å²) in [7, 11) is 0. The number of amides is 2. The second-order valence-electron chi connectivity index (χ2n) is 6.70. The number of benzene rings is 1. The Morgan fingerprint density at radius 3 is 2.41 bits per heavy atom. The highest BCUT2D eigenvalue weighted by Crippen LogP contribution is 2.17. The molecule has 0 saturated carbocycles. The number of carbonyl (C=O) groups excluding carboxylic acids is 2.